The predicted molar refractivity (Wildman–Crippen MR) is 102 cm³/mol. The van der Waals surface area contributed by atoms with E-state index in [1.165, 1.54) is 35.6 Å². The SMILES string of the molecule is COc1ccc(-c2csc(NC(=O)c3ccc([N+](=O)[O-])cc3)n2)cc1OC. The summed E-state index contributed by atoms with van der Waals surface area (Å²) in [5.74, 6) is 0.806. The van der Waals surface area contributed by atoms with E-state index in [2.05, 4.69) is 10.3 Å². The molecular weight excluding hydrogens is 370 g/mol. The molecule has 3 rings (SSSR count). The van der Waals surface area contributed by atoms with Gasteiger partial charge in [-0.2, -0.15) is 0 Å². The van der Waals surface area contributed by atoms with Crippen molar-refractivity contribution in [3.63, 3.8) is 0 Å². The van der Waals surface area contributed by atoms with Crippen LogP contribution < -0.4 is 14.8 Å². The van der Waals surface area contributed by atoms with E-state index in [0.717, 1.165) is 5.56 Å². The molecule has 0 radical (unpaired) electrons. The zero-order valence-electron chi connectivity index (χ0n) is 14.5. The average molecular weight is 385 g/mol. The van der Waals surface area contributed by atoms with Crippen molar-refractivity contribution in [2.75, 3.05) is 19.5 Å². The third kappa shape index (κ3) is 4.04. The Bertz CT molecular complexity index is 985. The lowest BCUT2D eigenvalue weighted by molar-refractivity contribution is -0.384. The van der Waals surface area contributed by atoms with Gasteiger partial charge in [0.05, 0.1) is 24.8 Å². The van der Waals surface area contributed by atoms with Crippen LogP contribution in [-0.4, -0.2) is 30.0 Å². The van der Waals surface area contributed by atoms with Gasteiger partial charge in [0.15, 0.2) is 16.6 Å². The third-order valence-corrected chi connectivity index (χ3v) is 4.50. The highest BCUT2D eigenvalue weighted by Gasteiger charge is 2.13. The molecule has 0 aliphatic carbocycles. The minimum Gasteiger partial charge on any atom is -0.493 e. The first-order chi connectivity index (χ1) is 13.0. The maximum absolute atomic E-state index is 12.3. The van der Waals surface area contributed by atoms with Gasteiger partial charge in [0.25, 0.3) is 11.6 Å². The first-order valence-corrected chi connectivity index (χ1v) is 8.63. The quantitative estimate of drug-likeness (QED) is 0.508. The number of nitro groups is 1. The summed E-state index contributed by atoms with van der Waals surface area (Å²) < 4.78 is 10.5. The molecule has 2 aromatic carbocycles. The molecule has 1 heterocycles. The molecule has 0 bridgehead atoms. The summed E-state index contributed by atoms with van der Waals surface area (Å²) in [5, 5.41) is 15.6. The Labute approximate surface area is 158 Å². The zero-order valence-corrected chi connectivity index (χ0v) is 15.3. The predicted octanol–water partition coefficient (Wildman–Crippen LogP) is 3.99. The number of benzene rings is 2. The van der Waals surface area contributed by atoms with Gasteiger partial charge in [-0.1, -0.05) is 0 Å². The van der Waals surface area contributed by atoms with E-state index < -0.39 is 10.8 Å². The van der Waals surface area contributed by atoms with Crippen LogP contribution in [0, 0.1) is 10.1 Å². The Kier molecular flexibility index (Phi) is 5.32. The number of anilines is 1. The van der Waals surface area contributed by atoms with Crippen LogP contribution in [-0.2, 0) is 0 Å². The second-order valence-corrected chi connectivity index (χ2v) is 6.22. The molecule has 0 aliphatic heterocycles. The summed E-state index contributed by atoms with van der Waals surface area (Å²) in [6.45, 7) is 0. The number of rotatable bonds is 6. The van der Waals surface area contributed by atoms with Gasteiger partial charge in [0, 0.05) is 28.6 Å². The fourth-order valence-electron chi connectivity index (χ4n) is 2.36. The topological polar surface area (TPSA) is 104 Å². The van der Waals surface area contributed by atoms with Crippen LogP contribution in [0.4, 0.5) is 10.8 Å². The van der Waals surface area contributed by atoms with Crippen LogP contribution in [0.5, 0.6) is 11.5 Å². The van der Waals surface area contributed by atoms with E-state index in [9.17, 15) is 14.9 Å². The molecule has 1 N–H and O–H groups in total. The number of nitrogens with zero attached hydrogens (tertiary/aromatic N) is 2. The molecule has 27 heavy (non-hydrogen) atoms. The maximum atomic E-state index is 12.3. The number of nitrogens with one attached hydrogen (secondary N) is 1. The standard InChI is InChI=1S/C18H15N3O5S/c1-25-15-8-5-12(9-16(15)26-2)14-10-27-18(19-14)20-17(22)11-3-6-13(7-4-11)21(23)24/h3-10H,1-2H3,(H,19,20,22). The largest absolute Gasteiger partial charge is 0.493 e. The fraction of sp³-hybridized carbons (Fsp3) is 0.111. The fourth-order valence-corrected chi connectivity index (χ4v) is 3.08. The molecule has 3 aromatic rings. The summed E-state index contributed by atoms with van der Waals surface area (Å²) in [7, 11) is 3.12. The van der Waals surface area contributed by atoms with E-state index in [1.807, 2.05) is 11.4 Å². The summed E-state index contributed by atoms with van der Waals surface area (Å²) in [4.78, 5) is 26.8. The zero-order chi connectivity index (χ0) is 19.4. The molecule has 0 aliphatic rings. The van der Waals surface area contributed by atoms with Gasteiger partial charge in [-0.3, -0.25) is 20.2 Å². The number of ether oxygens (including phenoxy) is 2. The number of carbonyl (C=O) groups excluding carboxylic acids is 1. The summed E-state index contributed by atoms with van der Waals surface area (Å²) in [5.41, 5.74) is 1.74. The van der Waals surface area contributed by atoms with E-state index in [-0.39, 0.29) is 5.69 Å². The number of non-ortho nitro benzene ring substituents is 1. The van der Waals surface area contributed by atoms with Crippen molar-refractivity contribution < 1.29 is 19.2 Å². The summed E-state index contributed by atoms with van der Waals surface area (Å²) >= 11 is 1.28. The summed E-state index contributed by atoms with van der Waals surface area (Å²) in [6.07, 6.45) is 0. The Morgan fingerprint density at radius 2 is 1.81 bits per heavy atom. The van der Waals surface area contributed by atoms with E-state index in [4.69, 9.17) is 9.47 Å². The van der Waals surface area contributed by atoms with Crippen molar-refractivity contribution in [1.82, 2.24) is 4.98 Å². The van der Waals surface area contributed by atoms with Crippen molar-refractivity contribution in [2.45, 2.75) is 0 Å². The monoisotopic (exact) mass is 385 g/mol. The van der Waals surface area contributed by atoms with Crippen LogP contribution in [0.1, 0.15) is 10.4 Å². The van der Waals surface area contributed by atoms with Crippen LogP contribution in [0.2, 0.25) is 0 Å². The Morgan fingerprint density at radius 1 is 1.11 bits per heavy atom. The Morgan fingerprint density at radius 3 is 2.44 bits per heavy atom. The van der Waals surface area contributed by atoms with Crippen molar-refractivity contribution in [2.24, 2.45) is 0 Å². The van der Waals surface area contributed by atoms with Gasteiger partial charge in [-0.15, -0.1) is 11.3 Å². The first-order valence-electron chi connectivity index (χ1n) is 7.75. The molecule has 138 valence electrons. The van der Waals surface area contributed by atoms with Crippen LogP contribution in [0.3, 0.4) is 0 Å². The number of aromatic nitrogens is 1. The van der Waals surface area contributed by atoms with Crippen molar-refractivity contribution in [3.05, 3.63) is 63.5 Å². The highest BCUT2D eigenvalue weighted by molar-refractivity contribution is 7.14. The molecule has 1 aromatic heterocycles. The minimum absolute atomic E-state index is 0.0727. The van der Waals surface area contributed by atoms with Crippen molar-refractivity contribution >= 4 is 28.1 Å². The molecule has 8 nitrogen and oxygen atoms in total. The van der Waals surface area contributed by atoms with E-state index in [0.29, 0.717) is 27.9 Å². The van der Waals surface area contributed by atoms with Gasteiger partial charge in [-0.25, -0.2) is 4.98 Å². The van der Waals surface area contributed by atoms with Gasteiger partial charge in [-0.05, 0) is 30.3 Å². The Balaban J connectivity index is 1.76. The number of methoxy groups -OCH3 is 2. The molecule has 9 heteroatoms. The number of nitro benzene ring substituents is 1. The highest BCUT2D eigenvalue weighted by Crippen LogP contribution is 2.33. The second-order valence-electron chi connectivity index (χ2n) is 5.37. The normalized spacial score (nSPS) is 10.3. The third-order valence-electron chi connectivity index (χ3n) is 3.74. The van der Waals surface area contributed by atoms with E-state index >= 15 is 0 Å². The smallest absolute Gasteiger partial charge is 0.269 e. The molecule has 0 atom stereocenters. The lowest BCUT2D eigenvalue weighted by Crippen LogP contribution is -2.11. The van der Waals surface area contributed by atoms with Gasteiger partial charge in [0.2, 0.25) is 0 Å². The molecule has 0 spiro atoms. The van der Waals surface area contributed by atoms with Crippen LogP contribution in [0.15, 0.2) is 47.8 Å². The molecule has 0 saturated carbocycles. The van der Waals surface area contributed by atoms with Gasteiger partial charge in [0.1, 0.15) is 0 Å². The van der Waals surface area contributed by atoms with E-state index in [1.54, 1.807) is 26.4 Å². The first kappa shape index (κ1) is 18.3. The second kappa shape index (κ2) is 7.83. The van der Waals surface area contributed by atoms with Gasteiger partial charge >= 0.3 is 0 Å². The minimum atomic E-state index is -0.516. The highest BCUT2D eigenvalue weighted by atomic mass is 32.1. The van der Waals surface area contributed by atoms with Crippen LogP contribution >= 0.6 is 11.3 Å². The molecule has 0 saturated heterocycles. The molecule has 0 unspecified atom stereocenters. The average Bonchev–Trinajstić information content (AvgIpc) is 3.15. The van der Waals surface area contributed by atoms with Gasteiger partial charge < -0.3 is 9.47 Å². The molecule has 1 amide bonds. The maximum Gasteiger partial charge on any atom is 0.269 e. The number of hydrogen-bond donors (Lipinski definition) is 1. The molecule has 0 fully saturated rings. The van der Waals surface area contributed by atoms with Crippen molar-refractivity contribution in [3.8, 4) is 22.8 Å². The summed E-state index contributed by atoms with van der Waals surface area (Å²) in [6, 6.07) is 10.8. The lowest BCUT2D eigenvalue weighted by atomic mass is 10.1. The Hall–Kier alpha value is -3.46. The van der Waals surface area contributed by atoms with Crippen molar-refractivity contribution in [1.29, 1.82) is 0 Å². The van der Waals surface area contributed by atoms with Crippen LogP contribution in [0.25, 0.3) is 11.3 Å². The number of amides is 1. The number of thiazole rings is 1. The molecular formula is C18H15N3O5S. The lowest BCUT2D eigenvalue weighted by Gasteiger charge is -2.08. The number of carbonyl (C=O) groups is 1. The number of hydrogen-bond acceptors (Lipinski definition) is 7.